The Morgan fingerprint density at radius 3 is 1.95 bits per heavy atom. The first kappa shape index (κ1) is 18.1. The monoisotopic (exact) mass is 327 g/mol. The van der Waals surface area contributed by atoms with Gasteiger partial charge in [-0.05, 0) is 13.8 Å². The molecule has 22 heavy (non-hydrogen) atoms. The number of ether oxygens (including phenoxy) is 1. The van der Waals surface area contributed by atoms with Gasteiger partial charge in [0.05, 0.1) is 6.61 Å². The van der Waals surface area contributed by atoms with Crippen LogP contribution in [0.3, 0.4) is 0 Å². The second-order valence-corrected chi connectivity index (χ2v) is 5.94. The zero-order valence-corrected chi connectivity index (χ0v) is 14.5. The lowest BCUT2D eigenvalue weighted by atomic mass is 10.3. The number of nitrogens with zero attached hydrogens (tertiary/aromatic N) is 5. The number of Topliss-reactive ketones (excluding diaryl/α,β-unsaturated/α-hetero) is 1. The van der Waals surface area contributed by atoms with E-state index >= 15 is 0 Å². The predicted octanol–water partition coefficient (Wildman–Crippen LogP) is 0.616. The summed E-state index contributed by atoms with van der Waals surface area (Å²) < 4.78 is 4.92. The quantitative estimate of drug-likeness (QED) is 0.406. The average molecular weight is 327 g/mol. The fourth-order valence-corrected chi connectivity index (χ4v) is 2.22. The zero-order chi connectivity index (χ0) is 16.9. The predicted molar refractivity (Wildman–Crippen MR) is 85.4 cm³/mol. The van der Waals surface area contributed by atoms with Gasteiger partial charge in [0.25, 0.3) is 0 Å². The molecule has 0 saturated carbocycles. The van der Waals surface area contributed by atoms with Crippen LogP contribution in [0, 0.1) is 0 Å². The normalized spacial score (nSPS) is 11.7. The van der Waals surface area contributed by atoms with Gasteiger partial charge in [-0.1, -0.05) is 11.8 Å². The lowest BCUT2D eigenvalue weighted by Crippen LogP contribution is -2.28. The van der Waals surface area contributed by atoms with E-state index in [-0.39, 0.29) is 12.4 Å². The highest BCUT2D eigenvalue weighted by atomic mass is 32.2. The van der Waals surface area contributed by atoms with Crippen molar-refractivity contribution in [3.63, 3.8) is 0 Å². The van der Waals surface area contributed by atoms with Crippen LogP contribution in [0.25, 0.3) is 0 Å². The van der Waals surface area contributed by atoms with E-state index in [1.165, 1.54) is 6.92 Å². The van der Waals surface area contributed by atoms with E-state index in [2.05, 4.69) is 15.0 Å². The molecule has 1 aromatic heterocycles. The lowest BCUT2D eigenvalue weighted by Gasteiger charge is -2.17. The number of esters is 1. The molecular weight excluding hydrogens is 306 g/mol. The Kier molecular flexibility index (Phi) is 6.54. The average Bonchev–Trinajstić information content (AvgIpc) is 2.44. The van der Waals surface area contributed by atoms with Gasteiger partial charge in [0.15, 0.2) is 16.2 Å². The van der Waals surface area contributed by atoms with Crippen molar-refractivity contribution in [2.75, 3.05) is 44.6 Å². The van der Waals surface area contributed by atoms with Crippen molar-refractivity contribution in [3.05, 3.63) is 0 Å². The maximum Gasteiger partial charge on any atom is 0.327 e. The fourth-order valence-electron chi connectivity index (χ4n) is 1.41. The van der Waals surface area contributed by atoms with Gasteiger partial charge < -0.3 is 14.5 Å². The molecular formula is C13H21N5O3S. The molecule has 0 aromatic carbocycles. The Morgan fingerprint density at radius 2 is 1.59 bits per heavy atom. The van der Waals surface area contributed by atoms with Crippen molar-refractivity contribution in [1.82, 2.24) is 15.0 Å². The van der Waals surface area contributed by atoms with E-state index in [9.17, 15) is 9.59 Å². The second-order valence-electron chi connectivity index (χ2n) is 4.87. The van der Waals surface area contributed by atoms with Crippen molar-refractivity contribution in [3.8, 4) is 0 Å². The standard InChI is InChI=1S/C13H21N5O3S/c1-7-21-10(20)9(8(2)19)22-13-15-11(17(3)4)14-12(16-13)18(5)6/h9H,7H2,1-6H3. The summed E-state index contributed by atoms with van der Waals surface area (Å²) in [6.45, 7) is 3.25. The molecule has 0 bridgehead atoms. The topological polar surface area (TPSA) is 88.5 Å². The Hall–Kier alpha value is -1.90. The van der Waals surface area contributed by atoms with E-state index in [1.807, 2.05) is 0 Å². The zero-order valence-electron chi connectivity index (χ0n) is 13.7. The lowest BCUT2D eigenvalue weighted by molar-refractivity contribution is -0.144. The van der Waals surface area contributed by atoms with E-state index in [0.717, 1.165) is 11.8 Å². The Bertz CT molecular complexity index is 524. The molecule has 1 rings (SSSR count). The first-order chi connectivity index (χ1) is 10.3. The largest absolute Gasteiger partial charge is 0.465 e. The maximum absolute atomic E-state index is 11.9. The van der Waals surface area contributed by atoms with Gasteiger partial charge in [0.1, 0.15) is 0 Å². The molecule has 0 fully saturated rings. The van der Waals surface area contributed by atoms with E-state index in [1.54, 1.807) is 44.9 Å². The number of hydrogen-bond donors (Lipinski definition) is 0. The molecule has 1 atom stereocenters. The molecule has 0 N–H and O–H groups in total. The summed E-state index contributed by atoms with van der Waals surface area (Å²) in [5.74, 6) is 0.0135. The van der Waals surface area contributed by atoms with Crippen LogP contribution in [0.1, 0.15) is 13.8 Å². The van der Waals surface area contributed by atoms with Crippen LogP contribution in [-0.2, 0) is 14.3 Å². The number of carbonyl (C=O) groups is 2. The van der Waals surface area contributed by atoms with Crippen LogP contribution in [0.5, 0.6) is 0 Å². The van der Waals surface area contributed by atoms with Crippen molar-refractivity contribution < 1.29 is 14.3 Å². The molecule has 122 valence electrons. The summed E-state index contributed by atoms with van der Waals surface area (Å²) in [4.78, 5) is 39.8. The molecule has 0 amide bonds. The van der Waals surface area contributed by atoms with Gasteiger partial charge in [0, 0.05) is 28.2 Å². The van der Waals surface area contributed by atoms with Crippen LogP contribution in [0.4, 0.5) is 11.9 Å². The molecule has 0 spiro atoms. The number of aromatic nitrogens is 3. The molecule has 0 aliphatic heterocycles. The number of thioether (sulfide) groups is 1. The molecule has 0 aliphatic carbocycles. The molecule has 1 aromatic rings. The van der Waals surface area contributed by atoms with Gasteiger partial charge in [-0.3, -0.25) is 9.59 Å². The molecule has 0 radical (unpaired) electrons. The minimum absolute atomic E-state index is 0.215. The summed E-state index contributed by atoms with van der Waals surface area (Å²) >= 11 is 0.968. The summed E-state index contributed by atoms with van der Waals surface area (Å²) in [5.41, 5.74) is 0. The molecule has 0 saturated heterocycles. The fraction of sp³-hybridized carbons (Fsp3) is 0.615. The van der Waals surface area contributed by atoms with Crippen molar-refractivity contribution in [2.24, 2.45) is 0 Å². The molecule has 0 aliphatic rings. The first-order valence-corrected chi connectivity index (χ1v) is 7.58. The molecule has 1 unspecified atom stereocenters. The van der Waals surface area contributed by atoms with Crippen molar-refractivity contribution in [2.45, 2.75) is 24.3 Å². The van der Waals surface area contributed by atoms with E-state index in [0.29, 0.717) is 17.1 Å². The van der Waals surface area contributed by atoms with Crippen LogP contribution in [0.15, 0.2) is 5.16 Å². The molecule has 1 heterocycles. The van der Waals surface area contributed by atoms with E-state index in [4.69, 9.17) is 4.74 Å². The number of anilines is 2. The van der Waals surface area contributed by atoms with Gasteiger partial charge >= 0.3 is 5.97 Å². The van der Waals surface area contributed by atoms with Gasteiger partial charge in [-0.15, -0.1) is 0 Å². The summed E-state index contributed by atoms with van der Waals surface area (Å²) in [6.07, 6.45) is 0. The summed E-state index contributed by atoms with van der Waals surface area (Å²) in [7, 11) is 7.21. The van der Waals surface area contributed by atoms with Gasteiger partial charge in [-0.25, -0.2) is 0 Å². The van der Waals surface area contributed by atoms with Crippen LogP contribution in [-0.4, -0.2) is 66.8 Å². The highest BCUT2D eigenvalue weighted by Crippen LogP contribution is 2.24. The van der Waals surface area contributed by atoms with Crippen LogP contribution in [0.2, 0.25) is 0 Å². The summed E-state index contributed by atoms with van der Waals surface area (Å²) in [5, 5.41) is -0.678. The number of carbonyl (C=O) groups excluding carboxylic acids is 2. The third-order valence-corrected chi connectivity index (χ3v) is 3.64. The van der Waals surface area contributed by atoms with Crippen molar-refractivity contribution >= 4 is 35.4 Å². The van der Waals surface area contributed by atoms with Crippen LogP contribution >= 0.6 is 11.8 Å². The highest BCUT2D eigenvalue weighted by molar-refractivity contribution is 8.01. The number of ketones is 1. The minimum Gasteiger partial charge on any atom is -0.465 e. The van der Waals surface area contributed by atoms with Gasteiger partial charge in [0.2, 0.25) is 11.9 Å². The van der Waals surface area contributed by atoms with E-state index < -0.39 is 11.2 Å². The highest BCUT2D eigenvalue weighted by Gasteiger charge is 2.28. The Morgan fingerprint density at radius 1 is 1.09 bits per heavy atom. The number of hydrogen-bond acceptors (Lipinski definition) is 9. The summed E-state index contributed by atoms with van der Waals surface area (Å²) in [6, 6.07) is 0. The van der Waals surface area contributed by atoms with Gasteiger partial charge in [-0.2, -0.15) is 15.0 Å². The van der Waals surface area contributed by atoms with Crippen molar-refractivity contribution in [1.29, 1.82) is 0 Å². The smallest absolute Gasteiger partial charge is 0.327 e. The molecule has 9 heteroatoms. The van der Waals surface area contributed by atoms with Crippen LogP contribution < -0.4 is 9.80 Å². The molecule has 8 nitrogen and oxygen atoms in total. The first-order valence-electron chi connectivity index (χ1n) is 6.70. The Balaban J connectivity index is 3.13. The Labute approximate surface area is 134 Å². The second kappa shape index (κ2) is 7.92. The minimum atomic E-state index is -0.979. The number of rotatable bonds is 7. The third kappa shape index (κ3) is 4.83. The SMILES string of the molecule is CCOC(=O)C(Sc1nc(N(C)C)nc(N(C)C)n1)C(C)=O. The third-order valence-electron chi connectivity index (χ3n) is 2.48. The maximum atomic E-state index is 11.9.